The molecule has 106 valence electrons. The van der Waals surface area contributed by atoms with Gasteiger partial charge in [0.05, 0.1) is 5.02 Å². The van der Waals surface area contributed by atoms with E-state index in [9.17, 15) is 4.39 Å². The highest BCUT2D eigenvalue weighted by Gasteiger charge is 2.28. The number of hydrogen-bond donors (Lipinski definition) is 2. The van der Waals surface area contributed by atoms with E-state index in [1.807, 2.05) is 0 Å². The summed E-state index contributed by atoms with van der Waals surface area (Å²) in [5.74, 6) is 6.63. The number of rotatable bonds is 4. The van der Waals surface area contributed by atoms with Crippen LogP contribution < -0.4 is 11.3 Å². The Balaban J connectivity index is 2.16. The predicted molar refractivity (Wildman–Crippen MR) is 77.2 cm³/mol. The van der Waals surface area contributed by atoms with Crippen LogP contribution in [0.15, 0.2) is 18.2 Å². The first-order valence-corrected chi connectivity index (χ1v) is 7.44. The summed E-state index contributed by atoms with van der Waals surface area (Å²) in [6, 6.07) is 4.95. The van der Waals surface area contributed by atoms with E-state index >= 15 is 0 Å². The third kappa shape index (κ3) is 3.47. The zero-order valence-electron chi connectivity index (χ0n) is 11.3. The second-order valence-electron chi connectivity index (χ2n) is 5.52. The van der Waals surface area contributed by atoms with Crippen LogP contribution in [0.2, 0.25) is 5.02 Å². The van der Waals surface area contributed by atoms with E-state index in [0.717, 1.165) is 11.5 Å². The first-order chi connectivity index (χ1) is 9.15. The molecule has 0 amide bonds. The fourth-order valence-electron chi connectivity index (χ4n) is 3.22. The molecule has 1 fully saturated rings. The van der Waals surface area contributed by atoms with Crippen molar-refractivity contribution in [3.05, 3.63) is 34.6 Å². The van der Waals surface area contributed by atoms with Crippen LogP contribution in [0.25, 0.3) is 0 Å². The largest absolute Gasteiger partial charge is 0.271 e. The van der Waals surface area contributed by atoms with E-state index in [0.29, 0.717) is 5.92 Å². The van der Waals surface area contributed by atoms with Crippen molar-refractivity contribution in [1.29, 1.82) is 0 Å². The second kappa shape index (κ2) is 6.69. The standard InChI is InChI=1S/C15H22ClFN2/c1-2-10-4-3-5-11(8-10)15(19-18)12-6-7-14(17)13(16)9-12/h6-7,9-11,15,19H,2-5,8,18H2,1H3. The molecular formula is C15H22ClFN2. The van der Waals surface area contributed by atoms with Gasteiger partial charge in [-0.05, 0) is 42.4 Å². The zero-order valence-corrected chi connectivity index (χ0v) is 12.1. The van der Waals surface area contributed by atoms with Crippen molar-refractivity contribution in [2.24, 2.45) is 17.7 Å². The molecule has 0 aromatic heterocycles. The lowest BCUT2D eigenvalue weighted by molar-refractivity contribution is 0.210. The lowest BCUT2D eigenvalue weighted by atomic mass is 9.75. The van der Waals surface area contributed by atoms with Crippen molar-refractivity contribution in [3.8, 4) is 0 Å². The van der Waals surface area contributed by atoms with Crippen molar-refractivity contribution in [2.45, 2.75) is 45.1 Å². The smallest absolute Gasteiger partial charge is 0.141 e. The monoisotopic (exact) mass is 284 g/mol. The minimum Gasteiger partial charge on any atom is -0.271 e. The average molecular weight is 285 g/mol. The predicted octanol–water partition coefficient (Wildman–Crippen LogP) is 4.20. The molecule has 1 aliphatic rings. The summed E-state index contributed by atoms with van der Waals surface area (Å²) in [4.78, 5) is 0. The normalized spacial score (nSPS) is 25.3. The molecule has 3 N–H and O–H groups in total. The Morgan fingerprint density at radius 1 is 1.47 bits per heavy atom. The Labute approximate surface area is 119 Å². The number of benzene rings is 1. The van der Waals surface area contributed by atoms with Crippen LogP contribution in [0.1, 0.15) is 50.6 Å². The Morgan fingerprint density at radius 3 is 2.89 bits per heavy atom. The SMILES string of the molecule is CCC1CCCC(C(NN)c2ccc(F)c(Cl)c2)C1. The molecule has 0 saturated heterocycles. The Bertz CT molecular complexity index is 425. The molecule has 3 atom stereocenters. The Hall–Kier alpha value is -0.640. The molecule has 19 heavy (non-hydrogen) atoms. The number of halogens is 2. The molecule has 0 bridgehead atoms. The van der Waals surface area contributed by atoms with Crippen molar-refractivity contribution in [3.63, 3.8) is 0 Å². The topological polar surface area (TPSA) is 38.0 Å². The molecule has 0 heterocycles. The minimum absolute atomic E-state index is 0.0625. The highest BCUT2D eigenvalue weighted by Crippen LogP contribution is 2.38. The molecule has 0 spiro atoms. The average Bonchev–Trinajstić information content (AvgIpc) is 2.44. The van der Waals surface area contributed by atoms with Gasteiger partial charge in [0.2, 0.25) is 0 Å². The van der Waals surface area contributed by atoms with Gasteiger partial charge < -0.3 is 0 Å². The van der Waals surface area contributed by atoms with Crippen molar-refractivity contribution in [2.75, 3.05) is 0 Å². The summed E-state index contributed by atoms with van der Waals surface area (Å²) >= 11 is 5.87. The Morgan fingerprint density at radius 2 is 2.26 bits per heavy atom. The molecule has 1 saturated carbocycles. The molecule has 0 radical (unpaired) electrons. The van der Waals surface area contributed by atoms with Crippen LogP contribution >= 0.6 is 11.6 Å². The third-order valence-corrected chi connectivity index (χ3v) is 4.64. The van der Waals surface area contributed by atoms with Gasteiger partial charge in [-0.3, -0.25) is 11.3 Å². The van der Waals surface area contributed by atoms with Crippen molar-refractivity contribution < 1.29 is 4.39 Å². The summed E-state index contributed by atoms with van der Waals surface area (Å²) in [7, 11) is 0. The maximum absolute atomic E-state index is 13.2. The maximum Gasteiger partial charge on any atom is 0.141 e. The van der Waals surface area contributed by atoms with E-state index in [2.05, 4.69) is 12.3 Å². The number of nitrogens with two attached hydrogens (primary N) is 1. The van der Waals surface area contributed by atoms with E-state index in [4.69, 9.17) is 17.4 Å². The molecule has 1 aromatic carbocycles. The summed E-state index contributed by atoms with van der Waals surface area (Å²) in [6.45, 7) is 2.24. The molecule has 2 nitrogen and oxygen atoms in total. The number of hydrazine groups is 1. The van der Waals surface area contributed by atoms with Crippen molar-refractivity contribution in [1.82, 2.24) is 5.43 Å². The van der Waals surface area contributed by atoms with E-state index in [1.54, 1.807) is 12.1 Å². The highest BCUT2D eigenvalue weighted by atomic mass is 35.5. The van der Waals surface area contributed by atoms with E-state index in [-0.39, 0.29) is 16.9 Å². The van der Waals surface area contributed by atoms with Gasteiger partial charge in [-0.25, -0.2) is 4.39 Å². The third-order valence-electron chi connectivity index (χ3n) is 4.35. The number of hydrogen-bond acceptors (Lipinski definition) is 2. The van der Waals surface area contributed by atoms with Gasteiger partial charge in [0.15, 0.2) is 0 Å². The quantitative estimate of drug-likeness (QED) is 0.642. The van der Waals surface area contributed by atoms with E-state index in [1.165, 1.54) is 38.2 Å². The molecular weight excluding hydrogens is 263 g/mol. The van der Waals surface area contributed by atoms with Gasteiger partial charge in [0, 0.05) is 6.04 Å². The van der Waals surface area contributed by atoms with Crippen molar-refractivity contribution >= 4 is 11.6 Å². The van der Waals surface area contributed by atoms with Crippen LogP contribution in [0.3, 0.4) is 0 Å². The van der Waals surface area contributed by atoms with Crippen LogP contribution in [-0.2, 0) is 0 Å². The molecule has 3 unspecified atom stereocenters. The fourth-order valence-corrected chi connectivity index (χ4v) is 3.41. The second-order valence-corrected chi connectivity index (χ2v) is 5.93. The zero-order chi connectivity index (χ0) is 13.8. The summed E-state index contributed by atoms with van der Waals surface area (Å²) in [6.07, 6.45) is 6.13. The molecule has 2 rings (SSSR count). The maximum atomic E-state index is 13.2. The minimum atomic E-state index is -0.378. The summed E-state index contributed by atoms with van der Waals surface area (Å²) in [5.41, 5.74) is 3.88. The molecule has 4 heteroatoms. The highest BCUT2D eigenvalue weighted by molar-refractivity contribution is 6.30. The van der Waals surface area contributed by atoms with Gasteiger partial charge >= 0.3 is 0 Å². The number of nitrogens with one attached hydrogen (secondary N) is 1. The first-order valence-electron chi connectivity index (χ1n) is 7.06. The van der Waals surface area contributed by atoms with Gasteiger partial charge in [-0.2, -0.15) is 0 Å². The summed E-state index contributed by atoms with van der Waals surface area (Å²) in [5, 5.41) is 0.167. The fraction of sp³-hybridized carbons (Fsp3) is 0.600. The lowest BCUT2D eigenvalue weighted by Gasteiger charge is -2.34. The van der Waals surface area contributed by atoms with Crippen LogP contribution in [-0.4, -0.2) is 0 Å². The van der Waals surface area contributed by atoms with Crippen LogP contribution in [0, 0.1) is 17.7 Å². The lowest BCUT2D eigenvalue weighted by Crippen LogP contribution is -2.35. The van der Waals surface area contributed by atoms with Gasteiger partial charge in [-0.1, -0.05) is 43.9 Å². The molecule has 1 aliphatic carbocycles. The van der Waals surface area contributed by atoms with Gasteiger partial charge in [-0.15, -0.1) is 0 Å². The van der Waals surface area contributed by atoms with Crippen LogP contribution in [0.4, 0.5) is 4.39 Å². The first kappa shape index (κ1) is 14.8. The van der Waals surface area contributed by atoms with Gasteiger partial charge in [0.1, 0.15) is 5.82 Å². The summed E-state index contributed by atoms with van der Waals surface area (Å²) < 4.78 is 13.2. The van der Waals surface area contributed by atoms with E-state index < -0.39 is 0 Å². The van der Waals surface area contributed by atoms with Crippen LogP contribution in [0.5, 0.6) is 0 Å². The van der Waals surface area contributed by atoms with Gasteiger partial charge in [0.25, 0.3) is 0 Å². The molecule has 1 aromatic rings. The molecule has 0 aliphatic heterocycles. The Kier molecular flexibility index (Phi) is 5.20.